The molecule has 13 aromatic rings. The molecule has 0 unspecified atom stereocenters. The normalized spacial score (nSPS) is 11.8. The Hall–Kier alpha value is -8.75. The van der Waals surface area contributed by atoms with Gasteiger partial charge in [-0.1, -0.05) is 115 Å². The van der Waals surface area contributed by atoms with Gasteiger partial charge in [-0.25, -0.2) is 24.9 Å². The molecule has 294 valence electrons. The Morgan fingerprint density at radius 1 is 0.317 bits per heavy atom. The number of para-hydroxylation sites is 3. The first-order chi connectivity index (χ1) is 31.2. The summed E-state index contributed by atoms with van der Waals surface area (Å²) in [5.41, 5.74) is 12.3. The average molecular weight is 809 g/mol. The van der Waals surface area contributed by atoms with E-state index in [1.165, 1.54) is 10.8 Å². The summed E-state index contributed by atoms with van der Waals surface area (Å²) in [6, 6.07) is 65.9. The Morgan fingerprint density at radius 3 is 1.56 bits per heavy atom. The standard InChI is InChI=1S/C55H32N6O2/c1-3-13-33(14-4-1)49-51-50(42-19-9-12-22-46(42)63-51)57-54(56-49)37-25-29-41-43-31-36(26-30-47(43)62-48(41)32-37)55-59-52(34-15-5-2-6-16-34)58-53(60-55)35-23-27-38(28-24-35)61-44-20-10-7-17-39(44)40-18-8-11-21-45(40)61/h1-32H. The molecule has 0 atom stereocenters. The van der Waals surface area contributed by atoms with Crippen LogP contribution in [0.4, 0.5) is 0 Å². The fraction of sp³-hybridized carbons (Fsp3) is 0. The lowest BCUT2D eigenvalue weighted by atomic mass is 10.1. The van der Waals surface area contributed by atoms with Gasteiger partial charge in [0.05, 0.1) is 11.0 Å². The van der Waals surface area contributed by atoms with Crippen molar-refractivity contribution in [1.29, 1.82) is 0 Å². The van der Waals surface area contributed by atoms with E-state index < -0.39 is 0 Å². The minimum absolute atomic E-state index is 0.570. The zero-order chi connectivity index (χ0) is 41.4. The maximum atomic E-state index is 6.52. The molecule has 0 aliphatic rings. The number of rotatable bonds is 6. The highest BCUT2D eigenvalue weighted by atomic mass is 16.3. The number of hydrogen-bond donors (Lipinski definition) is 0. The first-order valence-electron chi connectivity index (χ1n) is 20.8. The monoisotopic (exact) mass is 808 g/mol. The van der Waals surface area contributed by atoms with E-state index in [1.807, 2.05) is 103 Å². The highest BCUT2D eigenvalue weighted by Crippen LogP contribution is 2.39. The van der Waals surface area contributed by atoms with Crippen LogP contribution in [0, 0.1) is 0 Å². The van der Waals surface area contributed by atoms with Crippen molar-refractivity contribution >= 4 is 65.8 Å². The van der Waals surface area contributed by atoms with Crippen LogP contribution in [0.25, 0.3) is 128 Å². The predicted molar refractivity (Wildman–Crippen MR) is 251 cm³/mol. The summed E-state index contributed by atoms with van der Waals surface area (Å²) in [5, 5.41) is 5.31. The Kier molecular flexibility index (Phi) is 7.74. The molecule has 0 radical (unpaired) electrons. The van der Waals surface area contributed by atoms with Crippen LogP contribution in [-0.2, 0) is 0 Å². The SMILES string of the molecule is c1ccc(-c2nc(-c3ccc(-n4c5ccccc5c5ccccc54)cc3)nc(-c3ccc4oc5cc(-c6nc(-c7ccccc7)c7oc8ccccc8c7n6)ccc5c4c3)n2)cc1. The lowest BCUT2D eigenvalue weighted by molar-refractivity contribution is 0.667. The molecule has 8 nitrogen and oxygen atoms in total. The van der Waals surface area contributed by atoms with Crippen molar-refractivity contribution in [2.24, 2.45) is 0 Å². The number of aromatic nitrogens is 6. The number of furan rings is 2. The van der Waals surface area contributed by atoms with Crippen molar-refractivity contribution < 1.29 is 8.83 Å². The van der Waals surface area contributed by atoms with Gasteiger partial charge < -0.3 is 13.4 Å². The summed E-state index contributed by atoms with van der Waals surface area (Å²) >= 11 is 0. The van der Waals surface area contributed by atoms with Crippen molar-refractivity contribution in [3.8, 4) is 62.5 Å². The van der Waals surface area contributed by atoms with Gasteiger partial charge in [0.15, 0.2) is 28.9 Å². The zero-order valence-electron chi connectivity index (χ0n) is 33.5. The molecule has 8 heteroatoms. The van der Waals surface area contributed by atoms with Gasteiger partial charge in [0.25, 0.3) is 0 Å². The predicted octanol–water partition coefficient (Wildman–Crippen LogP) is 13.9. The van der Waals surface area contributed by atoms with Crippen molar-refractivity contribution in [3.63, 3.8) is 0 Å². The van der Waals surface area contributed by atoms with E-state index >= 15 is 0 Å². The molecule has 0 saturated carbocycles. The average Bonchev–Trinajstić information content (AvgIpc) is 4.03. The summed E-state index contributed by atoms with van der Waals surface area (Å²) < 4.78 is 15.2. The first kappa shape index (κ1) is 35.0. The van der Waals surface area contributed by atoms with Crippen molar-refractivity contribution in [2.75, 3.05) is 0 Å². The van der Waals surface area contributed by atoms with Crippen molar-refractivity contribution in [2.45, 2.75) is 0 Å². The molecule has 5 aromatic heterocycles. The maximum Gasteiger partial charge on any atom is 0.180 e. The van der Waals surface area contributed by atoms with Gasteiger partial charge in [-0.05, 0) is 78.9 Å². The molecule has 0 fully saturated rings. The molecule has 63 heavy (non-hydrogen) atoms. The van der Waals surface area contributed by atoms with E-state index in [-0.39, 0.29) is 0 Å². The number of nitrogens with zero attached hydrogens (tertiary/aromatic N) is 6. The minimum atomic E-state index is 0.570. The number of benzene rings is 8. The largest absolute Gasteiger partial charge is 0.456 e. The van der Waals surface area contributed by atoms with Gasteiger partial charge in [-0.15, -0.1) is 0 Å². The Labute approximate surface area is 359 Å². The van der Waals surface area contributed by atoms with Crippen LogP contribution in [0.3, 0.4) is 0 Å². The van der Waals surface area contributed by atoms with E-state index in [0.717, 1.165) is 88.7 Å². The maximum absolute atomic E-state index is 6.52. The summed E-state index contributed by atoms with van der Waals surface area (Å²) in [7, 11) is 0. The third-order valence-electron chi connectivity index (χ3n) is 11.9. The highest BCUT2D eigenvalue weighted by molar-refractivity contribution is 6.10. The molecular formula is C55H32N6O2. The third kappa shape index (κ3) is 5.73. The molecule has 8 aromatic carbocycles. The van der Waals surface area contributed by atoms with Crippen LogP contribution in [0.1, 0.15) is 0 Å². The second-order valence-electron chi connectivity index (χ2n) is 15.7. The van der Waals surface area contributed by atoms with Gasteiger partial charge in [0.2, 0.25) is 0 Å². The quantitative estimate of drug-likeness (QED) is 0.165. The minimum Gasteiger partial charge on any atom is -0.456 e. The van der Waals surface area contributed by atoms with Crippen LogP contribution < -0.4 is 0 Å². The van der Waals surface area contributed by atoms with Gasteiger partial charge in [0.1, 0.15) is 28.0 Å². The fourth-order valence-corrected chi connectivity index (χ4v) is 8.88. The summed E-state index contributed by atoms with van der Waals surface area (Å²) in [4.78, 5) is 25.3. The lowest BCUT2D eigenvalue weighted by Crippen LogP contribution is -2.00. The van der Waals surface area contributed by atoms with E-state index in [4.69, 9.17) is 33.8 Å². The number of hydrogen-bond acceptors (Lipinski definition) is 7. The van der Waals surface area contributed by atoms with E-state index in [1.54, 1.807) is 0 Å². The highest BCUT2D eigenvalue weighted by Gasteiger charge is 2.20. The first-order valence-corrected chi connectivity index (χ1v) is 20.8. The molecule has 5 heterocycles. The molecule has 0 aliphatic heterocycles. The molecule has 0 bridgehead atoms. The fourth-order valence-electron chi connectivity index (χ4n) is 8.88. The topological polar surface area (TPSA) is 95.7 Å². The molecule has 0 N–H and O–H groups in total. The van der Waals surface area contributed by atoms with Crippen molar-refractivity contribution in [1.82, 2.24) is 29.5 Å². The Balaban J connectivity index is 0.908. The van der Waals surface area contributed by atoms with Gasteiger partial charge in [0, 0.05) is 60.4 Å². The Bertz CT molecular complexity index is 3860. The van der Waals surface area contributed by atoms with E-state index in [2.05, 4.69) is 95.6 Å². The van der Waals surface area contributed by atoms with Crippen LogP contribution in [0.15, 0.2) is 203 Å². The third-order valence-corrected chi connectivity index (χ3v) is 11.9. The number of fused-ring (bicyclic) bond motifs is 9. The van der Waals surface area contributed by atoms with Gasteiger partial charge >= 0.3 is 0 Å². The molecule has 0 amide bonds. The second kappa shape index (κ2) is 13.9. The van der Waals surface area contributed by atoms with Crippen molar-refractivity contribution in [3.05, 3.63) is 194 Å². The molecule has 0 aliphatic carbocycles. The summed E-state index contributed by atoms with van der Waals surface area (Å²) in [6.07, 6.45) is 0. The van der Waals surface area contributed by atoms with Gasteiger partial charge in [-0.3, -0.25) is 0 Å². The molecular weight excluding hydrogens is 777 g/mol. The zero-order valence-corrected chi connectivity index (χ0v) is 33.5. The van der Waals surface area contributed by atoms with E-state index in [9.17, 15) is 0 Å². The van der Waals surface area contributed by atoms with E-state index in [0.29, 0.717) is 28.9 Å². The van der Waals surface area contributed by atoms with Gasteiger partial charge in [-0.2, -0.15) is 0 Å². The smallest absolute Gasteiger partial charge is 0.180 e. The van der Waals surface area contributed by atoms with Crippen LogP contribution in [0.5, 0.6) is 0 Å². The lowest BCUT2D eigenvalue weighted by Gasteiger charge is -2.11. The molecule has 13 rings (SSSR count). The second-order valence-corrected chi connectivity index (χ2v) is 15.7. The van der Waals surface area contributed by atoms with Crippen LogP contribution in [-0.4, -0.2) is 29.5 Å². The molecule has 0 saturated heterocycles. The molecule has 0 spiro atoms. The Morgan fingerprint density at radius 2 is 0.841 bits per heavy atom. The van der Waals surface area contributed by atoms with Crippen LogP contribution in [0.2, 0.25) is 0 Å². The summed E-state index contributed by atoms with van der Waals surface area (Å²) in [6.45, 7) is 0. The van der Waals surface area contributed by atoms with Crippen LogP contribution >= 0.6 is 0 Å². The summed E-state index contributed by atoms with van der Waals surface area (Å²) in [5.74, 6) is 2.35.